The van der Waals surface area contributed by atoms with Gasteiger partial charge in [-0.15, -0.1) is 12.4 Å². The van der Waals surface area contributed by atoms with Gasteiger partial charge in [0.1, 0.15) is 0 Å². The van der Waals surface area contributed by atoms with Gasteiger partial charge in [0.2, 0.25) is 0 Å². The molecule has 1 rings (SSSR count). The summed E-state index contributed by atoms with van der Waals surface area (Å²) in [4.78, 5) is -0.115. The third-order valence-corrected chi connectivity index (χ3v) is 4.71. The van der Waals surface area contributed by atoms with Gasteiger partial charge < -0.3 is 0 Å². The molecule has 0 aromatic heterocycles. The largest absolute Gasteiger partial charge is 0.397 e. The Morgan fingerprint density at radius 1 is 1.10 bits per heavy atom. The van der Waals surface area contributed by atoms with Crippen molar-refractivity contribution in [2.45, 2.75) is 4.90 Å². The molecular formula is C8H9Cl3N2O6S2. The molecule has 0 saturated carbocycles. The number of rotatable bonds is 5. The molecule has 0 saturated heterocycles. The molecule has 0 spiro atoms. The van der Waals surface area contributed by atoms with E-state index in [1.807, 2.05) is 0 Å². The summed E-state index contributed by atoms with van der Waals surface area (Å²) >= 11 is 11.3. The van der Waals surface area contributed by atoms with Crippen LogP contribution in [0.15, 0.2) is 23.1 Å². The van der Waals surface area contributed by atoms with Crippen LogP contribution >= 0.6 is 35.6 Å². The van der Waals surface area contributed by atoms with Crippen LogP contribution in [0.25, 0.3) is 0 Å². The van der Waals surface area contributed by atoms with E-state index in [4.69, 9.17) is 38.5 Å². The Hall–Kier alpha value is -0.670. The third kappa shape index (κ3) is 8.37. The van der Waals surface area contributed by atoms with Crippen molar-refractivity contribution in [3.05, 3.63) is 28.2 Å². The Kier molecular flexibility index (Phi) is 10.1. The van der Waals surface area contributed by atoms with Crippen LogP contribution in [-0.2, 0) is 24.4 Å². The second-order valence-corrected chi connectivity index (χ2v) is 7.16. The quantitative estimate of drug-likeness (QED) is 0.584. The van der Waals surface area contributed by atoms with E-state index < -0.39 is 32.6 Å². The number of nitrogens with zero attached hydrogens (tertiary/aromatic N) is 2. The van der Waals surface area contributed by atoms with Crippen molar-refractivity contribution in [2.75, 3.05) is 12.4 Å². The molecule has 120 valence electrons. The maximum atomic E-state index is 11.7. The first-order valence-electron chi connectivity index (χ1n) is 4.61. The summed E-state index contributed by atoms with van der Waals surface area (Å²) in [7, 11) is -8.42. The Morgan fingerprint density at radius 3 is 2.05 bits per heavy atom. The Balaban J connectivity index is 0. The van der Waals surface area contributed by atoms with Gasteiger partial charge in [0.15, 0.2) is 9.84 Å². The van der Waals surface area contributed by atoms with Gasteiger partial charge in [-0.05, 0) is 18.2 Å². The zero-order valence-corrected chi connectivity index (χ0v) is 14.0. The van der Waals surface area contributed by atoms with Crippen LogP contribution in [-0.4, -0.2) is 33.7 Å². The summed E-state index contributed by atoms with van der Waals surface area (Å²) in [5.41, 5.74) is 0. The standard InChI is InChI=1S/C8H8Cl2O6S2.ClH.N2/c9-7-2-1-6(5-8(7)10)17(11,12)4-3-16-18(13,14)15;;1-2/h1-2,5H,3-4H2,(H,13,14,15);1H;. The first-order chi connectivity index (χ1) is 9.12. The molecule has 1 aromatic rings. The molecule has 8 nitrogen and oxygen atoms in total. The van der Waals surface area contributed by atoms with Gasteiger partial charge in [0, 0.05) is 10.8 Å². The van der Waals surface area contributed by atoms with Crippen molar-refractivity contribution in [2.24, 2.45) is 0 Å². The number of sulfone groups is 1. The topological polar surface area (TPSA) is 145 Å². The van der Waals surface area contributed by atoms with E-state index >= 15 is 0 Å². The molecule has 1 aromatic carbocycles. The lowest BCUT2D eigenvalue weighted by Crippen LogP contribution is -2.15. The van der Waals surface area contributed by atoms with Crippen LogP contribution in [0.1, 0.15) is 0 Å². The zero-order chi connectivity index (χ0) is 16.0. The number of benzene rings is 1. The maximum absolute atomic E-state index is 11.7. The fraction of sp³-hybridized carbons (Fsp3) is 0.250. The summed E-state index contributed by atoms with van der Waals surface area (Å²) in [5.74, 6) is -0.620. The maximum Gasteiger partial charge on any atom is 0.397 e. The molecule has 0 heterocycles. The first kappa shape index (κ1) is 22.6. The minimum absolute atomic E-state index is 0. The highest BCUT2D eigenvalue weighted by molar-refractivity contribution is 7.91. The predicted octanol–water partition coefficient (Wildman–Crippen LogP) is 2.04. The average molecular weight is 400 g/mol. The minimum atomic E-state index is -4.66. The van der Waals surface area contributed by atoms with Gasteiger partial charge in [0.25, 0.3) is 0 Å². The molecule has 0 radical (unpaired) electrons. The van der Waals surface area contributed by atoms with E-state index in [2.05, 4.69) is 4.18 Å². The fourth-order valence-electron chi connectivity index (χ4n) is 1.04. The molecule has 1 N–H and O–H groups in total. The molecule has 0 aliphatic carbocycles. The number of halogens is 3. The van der Waals surface area contributed by atoms with Gasteiger partial charge in [-0.1, -0.05) is 23.2 Å². The Morgan fingerprint density at radius 2 is 1.62 bits per heavy atom. The SMILES string of the molecule is Cl.N#N.O=S(=O)(O)OCCS(=O)(=O)c1ccc(Cl)c(Cl)c1. The van der Waals surface area contributed by atoms with E-state index in [1.54, 1.807) is 0 Å². The number of hydrogen-bond acceptors (Lipinski definition) is 7. The van der Waals surface area contributed by atoms with Gasteiger partial charge in [-0.3, -0.25) is 4.55 Å². The monoisotopic (exact) mass is 398 g/mol. The molecule has 0 bridgehead atoms. The lowest BCUT2D eigenvalue weighted by molar-refractivity contribution is 0.284. The highest BCUT2D eigenvalue weighted by Crippen LogP contribution is 2.25. The van der Waals surface area contributed by atoms with Gasteiger partial charge >= 0.3 is 10.4 Å². The minimum Gasteiger partial charge on any atom is -0.264 e. The molecule has 13 heteroatoms. The average Bonchev–Trinajstić information content (AvgIpc) is 2.33. The van der Waals surface area contributed by atoms with Crippen LogP contribution < -0.4 is 0 Å². The molecule has 0 atom stereocenters. The smallest absolute Gasteiger partial charge is 0.264 e. The lowest BCUT2D eigenvalue weighted by Gasteiger charge is -2.05. The van der Waals surface area contributed by atoms with Crippen molar-refractivity contribution in [1.82, 2.24) is 0 Å². The highest BCUT2D eigenvalue weighted by atomic mass is 35.5. The van der Waals surface area contributed by atoms with Crippen molar-refractivity contribution >= 4 is 55.8 Å². The first-order valence-corrected chi connectivity index (χ1v) is 8.39. The summed E-state index contributed by atoms with van der Waals surface area (Å²) in [6.07, 6.45) is 0. The van der Waals surface area contributed by atoms with Crippen LogP contribution in [0.5, 0.6) is 0 Å². The van der Waals surface area contributed by atoms with Crippen LogP contribution in [0, 0.1) is 10.8 Å². The van der Waals surface area contributed by atoms with E-state index in [-0.39, 0.29) is 27.3 Å². The summed E-state index contributed by atoms with van der Waals surface area (Å²) in [6, 6.07) is 3.68. The predicted molar refractivity (Wildman–Crippen MR) is 76.7 cm³/mol. The van der Waals surface area contributed by atoms with E-state index in [0.717, 1.165) is 6.07 Å². The van der Waals surface area contributed by atoms with Crippen molar-refractivity contribution < 1.29 is 25.6 Å². The molecule has 0 fully saturated rings. The normalized spacial score (nSPS) is 10.9. The Labute approximate surface area is 137 Å². The highest BCUT2D eigenvalue weighted by Gasteiger charge is 2.17. The summed E-state index contributed by atoms with van der Waals surface area (Å²) in [6.45, 7) is -0.693. The van der Waals surface area contributed by atoms with Crippen LogP contribution in [0.3, 0.4) is 0 Å². The fourth-order valence-corrected chi connectivity index (χ4v) is 2.91. The van der Waals surface area contributed by atoms with Crippen LogP contribution in [0.4, 0.5) is 0 Å². The van der Waals surface area contributed by atoms with Gasteiger partial charge in [0.05, 0.1) is 27.3 Å². The van der Waals surface area contributed by atoms with Crippen LogP contribution in [0.2, 0.25) is 10.0 Å². The molecular weight excluding hydrogens is 391 g/mol. The second-order valence-electron chi connectivity index (χ2n) is 3.14. The number of hydrogen-bond donors (Lipinski definition) is 1. The second kappa shape index (κ2) is 9.37. The molecule has 0 aliphatic rings. The van der Waals surface area contributed by atoms with Crippen molar-refractivity contribution in [3.63, 3.8) is 0 Å². The Bertz CT molecular complexity index is 689. The summed E-state index contributed by atoms with van der Waals surface area (Å²) in [5, 5.41) is 12.3. The molecule has 0 unspecified atom stereocenters. The summed E-state index contributed by atoms with van der Waals surface area (Å²) < 4.78 is 56.2. The lowest BCUT2D eigenvalue weighted by atomic mass is 10.4. The van der Waals surface area contributed by atoms with Crippen molar-refractivity contribution in [1.29, 1.82) is 10.8 Å². The van der Waals surface area contributed by atoms with Gasteiger partial charge in [-0.2, -0.15) is 8.42 Å². The van der Waals surface area contributed by atoms with E-state index in [9.17, 15) is 16.8 Å². The molecule has 21 heavy (non-hydrogen) atoms. The van der Waals surface area contributed by atoms with Gasteiger partial charge in [-0.25, -0.2) is 12.6 Å². The molecule has 0 amide bonds. The molecule has 0 aliphatic heterocycles. The third-order valence-electron chi connectivity index (χ3n) is 1.83. The zero-order valence-electron chi connectivity index (χ0n) is 10.0. The van der Waals surface area contributed by atoms with E-state index in [0.29, 0.717) is 0 Å². The van der Waals surface area contributed by atoms with Crippen molar-refractivity contribution in [3.8, 4) is 0 Å². The van der Waals surface area contributed by atoms with E-state index in [1.165, 1.54) is 12.1 Å².